The van der Waals surface area contributed by atoms with Crippen molar-refractivity contribution in [3.8, 4) is 11.3 Å². The van der Waals surface area contributed by atoms with Gasteiger partial charge in [0.15, 0.2) is 0 Å². The topological polar surface area (TPSA) is 62.9 Å². The van der Waals surface area contributed by atoms with Gasteiger partial charge >= 0.3 is 5.97 Å². The van der Waals surface area contributed by atoms with Crippen molar-refractivity contribution < 1.29 is 19.1 Å². The zero-order valence-electron chi connectivity index (χ0n) is 14.9. The molecular formula is C20H24ClNO4. The Labute approximate surface area is 158 Å². The molecular weight excluding hydrogens is 354 g/mol. The lowest BCUT2D eigenvalue weighted by atomic mass is 10.1. The van der Waals surface area contributed by atoms with Crippen LogP contribution in [0, 0.1) is 0 Å². The van der Waals surface area contributed by atoms with Crippen molar-refractivity contribution in [2.24, 2.45) is 0 Å². The van der Waals surface area contributed by atoms with Gasteiger partial charge in [-0.3, -0.25) is 4.90 Å². The maximum Gasteiger partial charge on any atom is 0.337 e. The summed E-state index contributed by atoms with van der Waals surface area (Å²) < 4.78 is 11.7. The highest BCUT2D eigenvalue weighted by Gasteiger charge is 2.16. The Morgan fingerprint density at radius 1 is 1.31 bits per heavy atom. The minimum atomic E-state index is -1.05. The lowest BCUT2D eigenvalue weighted by Gasteiger charge is -2.24. The van der Waals surface area contributed by atoms with Crippen molar-refractivity contribution in [3.63, 3.8) is 0 Å². The summed E-state index contributed by atoms with van der Waals surface area (Å²) in [5.74, 6) is 0.440. The molecule has 5 nitrogen and oxygen atoms in total. The van der Waals surface area contributed by atoms with Crippen molar-refractivity contribution in [3.05, 3.63) is 46.7 Å². The molecule has 0 radical (unpaired) electrons. The first kappa shape index (κ1) is 19.0. The zero-order chi connectivity index (χ0) is 18.5. The van der Waals surface area contributed by atoms with Gasteiger partial charge in [0.05, 0.1) is 23.2 Å². The van der Waals surface area contributed by atoms with E-state index in [1.165, 1.54) is 18.9 Å². The van der Waals surface area contributed by atoms with Gasteiger partial charge in [0.2, 0.25) is 0 Å². The molecule has 1 fully saturated rings. The Balaban J connectivity index is 1.59. The van der Waals surface area contributed by atoms with Crippen molar-refractivity contribution in [2.75, 3.05) is 20.2 Å². The van der Waals surface area contributed by atoms with Gasteiger partial charge in [0.25, 0.3) is 0 Å². The molecule has 1 aromatic heterocycles. The van der Waals surface area contributed by atoms with E-state index in [-0.39, 0.29) is 10.6 Å². The number of hydrogen-bond acceptors (Lipinski definition) is 4. The van der Waals surface area contributed by atoms with Gasteiger partial charge in [-0.05, 0) is 63.1 Å². The summed E-state index contributed by atoms with van der Waals surface area (Å²) in [5.41, 5.74) is 0.781. The predicted octanol–water partition coefficient (Wildman–Crippen LogP) is 4.69. The molecule has 2 heterocycles. The number of furan rings is 1. The molecule has 1 saturated heterocycles. The molecule has 0 saturated carbocycles. The molecule has 1 aliphatic rings. The fraction of sp³-hybridized carbons (Fsp3) is 0.450. The lowest BCUT2D eigenvalue weighted by molar-refractivity contribution is 0.00616. The summed E-state index contributed by atoms with van der Waals surface area (Å²) in [7, 11) is 2.07. The average molecular weight is 378 g/mol. The van der Waals surface area contributed by atoms with Crippen LogP contribution in [0.5, 0.6) is 0 Å². The van der Waals surface area contributed by atoms with Crippen LogP contribution in [0.3, 0.4) is 0 Å². The van der Waals surface area contributed by atoms with Crippen LogP contribution in [0.1, 0.15) is 41.8 Å². The third kappa shape index (κ3) is 4.87. The largest absolute Gasteiger partial charge is 0.478 e. The highest BCUT2D eigenvalue weighted by Crippen LogP contribution is 2.27. The Kier molecular flexibility index (Phi) is 6.35. The molecule has 140 valence electrons. The SMILES string of the molecule is CN(CCC1CCCCO1)Cc1ccc(-c2ccc(Cl)c(C(=O)O)c2)o1. The number of nitrogens with zero attached hydrogens (tertiary/aromatic N) is 1. The standard InChI is InChI=1S/C20H24ClNO4/c1-22(10-9-15-4-2-3-11-25-15)13-16-6-8-19(26-16)14-5-7-18(21)17(12-14)20(23)24/h5-8,12,15H,2-4,9-11,13H2,1H3,(H,23,24). The second kappa shape index (κ2) is 8.71. The van der Waals surface area contributed by atoms with Gasteiger partial charge < -0.3 is 14.3 Å². The Morgan fingerprint density at radius 2 is 2.15 bits per heavy atom. The Bertz CT molecular complexity index is 752. The first-order valence-corrected chi connectivity index (χ1v) is 9.33. The summed E-state index contributed by atoms with van der Waals surface area (Å²) in [6.07, 6.45) is 5.00. The zero-order valence-corrected chi connectivity index (χ0v) is 15.7. The van der Waals surface area contributed by atoms with E-state index in [0.717, 1.165) is 31.8 Å². The van der Waals surface area contributed by atoms with E-state index in [0.29, 0.717) is 24.0 Å². The van der Waals surface area contributed by atoms with E-state index in [9.17, 15) is 9.90 Å². The van der Waals surface area contributed by atoms with Gasteiger partial charge in [0.1, 0.15) is 11.5 Å². The van der Waals surface area contributed by atoms with E-state index in [1.807, 2.05) is 12.1 Å². The third-order valence-electron chi connectivity index (χ3n) is 4.68. The molecule has 26 heavy (non-hydrogen) atoms. The fourth-order valence-electron chi connectivity index (χ4n) is 3.21. The highest BCUT2D eigenvalue weighted by molar-refractivity contribution is 6.33. The molecule has 1 aromatic carbocycles. The van der Waals surface area contributed by atoms with Gasteiger partial charge in [-0.1, -0.05) is 11.6 Å². The maximum atomic E-state index is 11.2. The summed E-state index contributed by atoms with van der Waals surface area (Å²) in [6.45, 7) is 2.53. The smallest absolute Gasteiger partial charge is 0.337 e. The molecule has 3 rings (SSSR count). The number of halogens is 1. The van der Waals surface area contributed by atoms with Crippen molar-refractivity contribution in [2.45, 2.75) is 38.3 Å². The molecule has 1 unspecified atom stereocenters. The van der Waals surface area contributed by atoms with Crippen LogP contribution in [-0.2, 0) is 11.3 Å². The van der Waals surface area contributed by atoms with Crippen LogP contribution >= 0.6 is 11.6 Å². The molecule has 0 amide bonds. The van der Waals surface area contributed by atoms with Crippen LogP contribution in [0.15, 0.2) is 34.7 Å². The maximum absolute atomic E-state index is 11.2. The quantitative estimate of drug-likeness (QED) is 0.758. The van der Waals surface area contributed by atoms with Gasteiger partial charge in [0, 0.05) is 18.7 Å². The van der Waals surface area contributed by atoms with E-state index < -0.39 is 5.97 Å². The number of carboxylic acid groups (broad SMARTS) is 1. The van der Waals surface area contributed by atoms with Crippen molar-refractivity contribution >= 4 is 17.6 Å². The number of rotatable bonds is 7. The van der Waals surface area contributed by atoms with Gasteiger partial charge in [-0.25, -0.2) is 4.79 Å². The van der Waals surface area contributed by atoms with Crippen LogP contribution in [0.25, 0.3) is 11.3 Å². The molecule has 0 aliphatic carbocycles. The molecule has 0 spiro atoms. The first-order valence-electron chi connectivity index (χ1n) is 8.95. The number of aromatic carboxylic acids is 1. The fourth-order valence-corrected chi connectivity index (χ4v) is 3.40. The monoisotopic (exact) mass is 377 g/mol. The minimum Gasteiger partial charge on any atom is -0.478 e. The molecule has 6 heteroatoms. The molecule has 1 N–H and O–H groups in total. The first-order chi connectivity index (χ1) is 12.5. The third-order valence-corrected chi connectivity index (χ3v) is 5.01. The highest BCUT2D eigenvalue weighted by atomic mass is 35.5. The van der Waals surface area contributed by atoms with Crippen LogP contribution in [0.2, 0.25) is 5.02 Å². The number of hydrogen-bond donors (Lipinski definition) is 1. The van der Waals surface area contributed by atoms with Gasteiger partial charge in [-0.15, -0.1) is 0 Å². The number of benzene rings is 1. The van der Waals surface area contributed by atoms with E-state index in [2.05, 4.69) is 11.9 Å². The molecule has 1 atom stereocenters. The molecule has 1 aliphatic heterocycles. The number of carboxylic acids is 1. The second-order valence-corrected chi connectivity index (χ2v) is 7.19. The van der Waals surface area contributed by atoms with Crippen LogP contribution in [0.4, 0.5) is 0 Å². The molecule has 0 bridgehead atoms. The van der Waals surface area contributed by atoms with E-state index in [1.54, 1.807) is 12.1 Å². The second-order valence-electron chi connectivity index (χ2n) is 6.78. The Morgan fingerprint density at radius 3 is 2.88 bits per heavy atom. The molecule has 2 aromatic rings. The van der Waals surface area contributed by atoms with E-state index >= 15 is 0 Å². The van der Waals surface area contributed by atoms with Crippen LogP contribution < -0.4 is 0 Å². The van der Waals surface area contributed by atoms with Crippen LogP contribution in [-0.4, -0.2) is 42.3 Å². The normalized spacial score (nSPS) is 17.6. The summed E-state index contributed by atoms with van der Waals surface area (Å²) in [4.78, 5) is 13.4. The number of ether oxygens (including phenoxy) is 1. The summed E-state index contributed by atoms with van der Waals surface area (Å²) in [5, 5.41) is 9.42. The summed E-state index contributed by atoms with van der Waals surface area (Å²) in [6, 6.07) is 8.68. The van der Waals surface area contributed by atoms with E-state index in [4.69, 9.17) is 20.8 Å². The minimum absolute atomic E-state index is 0.0757. The average Bonchev–Trinajstić information content (AvgIpc) is 3.09. The number of carbonyl (C=O) groups is 1. The van der Waals surface area contributed by atoms with Crippen molar-refractivity contribution in [1.82, 2.24) is 4.90 Å². The predicted molar refractivity (Wildman–Crippen MR) is 101 cm³/mol. The van der Waals surface area contributed by atoms with Gasteiger partial charge in [-0.2, -0.15) is 0 Å². The lowest BCUT2D eigenvalue weighted by Crippen LogP contribution is -2.26. The van der Waals surface area contributed by atoms with Crippen molar-refractivity contribution in [1.29, 1.82) is 0 Å². The summed E-state index contributed by atoms with van der Waals surface area (Å²) >= 11 is 5.92. The Hall–Kier alpha value is -1.82.